The average Bonchev–Trinajstić information content (AvgIpc) is 2.92. The highest BCUT2D eigenvalue weighted by molar-refractivity contribution is 5.83. The number of carbonyl (C=O) groups excluding carboxylic acids is 2. The first-order valence-corrected chi connectivity index (χ1v) is 7.02. The van der Waals surface area contributed by atoms with Gasteiger partial charge in [-0.1, -0.05) is 6.07 Å². The van der Waals surface area contributed by atoms with Gasteiger partial charge in [-0.15, -0.1) is 10.2 Å². The second-order valence-corrected chi connectivity index (χ2v) is 5.26. The minimum atomic E-state index is -0.243. The lowest BCUT2D eigenvalue weighted by molar-refractivity contribution is -0.129. The Morgan fingerprint density at radius 3 is 3.10 bits per heavy atom. The van der Waals surface area contributed by atoms with Crippen molar-refractivity contribution in [2.24, 2.45) is 5.92 Å². The van der Waals surface area contributed by atoms with Crippen LogP contribution in [0.4, 0.5) is 0 Å². The van der Waals surface area contributed by atoms with Crippen molar-refractivity contribution < 1.29 is 9.59 Å². The zero-order chi connectivity index (χ0) is 14.8. The summed E-state index contributed by atoms with van der Waals surface area (Å²) in [6.07, 6.45) is 2.86. The smallest absolute Gasteiger partial charge is 0.225 e. The van der Waals surface area contributed by atoms with E-state index in [4.69, 9.17) is 0 Å². The number of piperidine rings is 1. The predicted octanol–water partition coefficient (Wildman–Crippen LogP) is 0.433. The summed E-state index contributed by atoms with van der Waals surface area (Å²) in [5.41, 5.74) is 0.749. The van der Waals surface area contributed by atoms with Crippen LogP contribution >= 0.6 is 0 Å². The molecule has 3 rings (SSSR count). The van der Waals surface area contributed by atoms with E-state index in [1.54, 1.807) is 0 Å². The monoisotopic (exact) mass is 287 g/mol. The number of hydrogen-bond acceptors (Lipinski definition) is 4. The number of carbonyl (C=O) groups is 2. The molecule has 1 saturated heterocycles. The highest BCUT2D eigenvalue weighted by Crippen LogP contribution is 2.15. The summed E-state index contributed by atoms with van der Waals surface area (Å²) >= 11 is 0. The van der Waals surface area contributed by atoms with Gasteiger partial charge in [-0.05, 0) is 25.5 Å². The van der Waals surface area contributed by atoms with Crippen molar-refractivity contribution in [2.45, 2.75) is 25.8 Å². The quantitative estimate of drug-likeness (QED) is 0.857. The Kier molecular flexibility index (Phi) is 3.55. The molecule has 2 aromatic heterocycles. The van der Waals surface area contributed by atoms with Crippen molar-refractivity contribution in [3.05, 3.63) is 30.2 Å². The second kappa shape index (κ2) is 5.51. The van der Waals surface area contributed by atoms with Crippen molar-refractivity contribution in [1.82, 2.24) is 25.2 Å². The van der Waals surface area contributed by atoms with Gasteiger partial charge in [-0.2, -0.15) is 0 Å². The summed E-state index contributed by atoms with van der Waals surface area (Å²) in [6, 6.07) is 5.40. The van der Waals surface area contributed by atoms with Gasteiger partial charge in [0.2, 0.25) is 11.8 Å². The fraction of sp³-hybridized carbons (Fsp3) is 0.429. The first-order chi connectivity index (χ1) is 10.1. The number of amides is 2. The zero-order valence-corrected chi connectivity index (χ0v) is 11.7. The normalized spacial score (nSPS) is 20.0. The summed E-state index contributed by atoms with van der Waals surface area (Å²) in [6.45, 7) is 2.28. The van der Waals surface area contributed by atoms with E-state index in [1.165, 1.54) is 0 Å². The maximum atomic E-state index is 12.2. The molecule has 2 amide bonds. The van der Waals surface area contributed by atoms with Crippen molar-refractivity contribution in [2.75, 3.05) is 6.54 Å². The largest absolute Gasteiger partial charge is 0.355 e. The first kappa shape index (κ1) is 13.5. The number of nitrogens with zero attached hydrogens (tertiary/aromatic N) is 3. The number of aromatic nitrogens is 3. The Morgan fingerprint density at radius 2 is 2.33 bits per heavy atom. The predicted molar refractivity (Wildman–Crippen MR) is 75.3 cm³/mol. The highest BCUT2D eigenvalue weighted by atomic mass is 16.2. The summed E-state index contributed by atoms with van der Waals surface area (Å²) in [4.78, 5) is 23.3. The standard InChI is InChI=1S/C14H17N5O2/c1-9(13-18-17-11-4-2-3-7-19(11)13)16-14(21)10-5-6-12(20)15-8-10/h2-4,7,9-10H,5-6,8H2,1H3,(H,15,20)(H,16,21). The molecule has 2 N–H and O–H groups in total. The van der Waals surface area contributed by atoms with Crippen LogP contribution in [0.1, 0.15) is 31.6 Å². The molecule has 0 aromatic carbocycles. The molecule has 3 heterocycles. The molecular formula is C14H17N5O2. The van der Waals surface area contributed by atoms with Crippen LogP contribution < -0.4 is 10.6 Å². The molecule has 0 radical (unpaired) electrons. The van der Waals surface area contributed by atoms with E-state index in [9.17, 15) is 9.59 Å². The third-order valence-corrected chi connectivity index (χ3v) is 3.72. The van der Waals surface area contributed by atoms with Crippen LogP contribution in [0.25, 0.3) is 5.65 Å². The number of nitrogens with one attached hydrogen (secondary N) is 2. The molecule has 21 heavy (non-hydrogen) atoms. The fourth-order valence-electron chi connectivity index (χ4n) is 2.51. The molecule has 7 nitrogen and oxygen atoms in total. The Labute approximate surface area is 121 Å². The number of hydrogen-bond donors (Lipinski definition) is 2. The summed E-state index contributed by atoms with van der Waals surface area (Å²) in [5.74, 6) is 0.467. The molecular weight excluding hydrogens is 270 g/mol. The van der Waals surface area contributed by atoms with E-state index in [0.29, 0.717) is 25.2 Å². The van der Waals surface area contributed by atoms with E-state index >= 15 is 0 Å². The van der Waals surface area contributed by atoms with Gasteiger partial charge in [0.05, 0.1) is 12.0 Å². The maximum Gasteiger partial charge on any atom is 0.225 e. The highest BCUT2D eigenvalue weighted by Gasteiger charge is 2.26. The SMILES string of the molecule is CC(NC(=O)C1CCC(=O)NC1)c1nnc2ccccn12. The van der Waals surface area contributed by atoms with E-state index in [1.807, 2.05) is 35.7 Å². The van der Waals surface area contributed by atoms with Crippen LogP contribution in [0.2, 0.25) is 0 Å². The maximum absolute atomic E-state index is 12.2. The first-order valence-electron chi connectivity index (χ1n) is 7.02. The van der Waals surface area contributed by atoms with Gasteiger partial charge >= 0.3 is 0 Å². The number of fused-ring (bicyclic) bond motifs is 1. The number of rotatable bonds is 3. The molecule has 1 aliphatic heterocycles. The molecule has 0 saturated carbocycles. The van der Waals surface area contributed by atoms with Gasteiger partial charge in [-0.25, -0.2) is 0 Å². The third kappa shape index (κ3) is 2.72. The molecule has 2 unspecified atom stereocenters. The van der Waals surface area contributed by atoms with Crippen LogP contribution in [0.3, 0.4) is 0 Å². The van der Waals surface area contributed by atoms with Crippen LogP contribution in [-0.2, 0) is 9.59 Å². The molecule has 1 fully saturated rings. The lowest BCUT2D eigenvalue weighted by atomic mass is 9.98. The summed E-state index contributed by atoms with van der Waals surface area (Å²) < 4.78 is 1.85. The lowest BCUT2D eigenvalue weighted by Crippen LogP contribution is -2.43. The number of pyridine rings is 1. The summed E-state index contributed by atoms with van der Waals surface area (Å²) in [7, 11) is 0. The molecule has 0 bridgehead atoms. The Morgan fingerprint density at radius 1 is 1.48 bits per heavy atom. The topological polar surface area (TPSA) is 88.4 Å². The van der Waals surface area contributed by atoms with Gasteiger partial charge in [0.1, 0.15) is 0 Å². The minimum absolute atomic E-state index is 0.00977. The molecule has 1 aliphatic rings. The lowest BCUT2D eigenvalue weighted by Gasteiger charge is -2.23. The molecule has 2 atom stereocenters. The van der Waals surface area contributed by atoms with Crippen LogP contribution in [0.15, 0.2) is 24.4 Å². The fourth-order valence-corrected chi connectivity index (χ4v) is 2.51. The van der Waals surface area contributed by atoms with Gasteiger partial charge in [0, 0.05) is 19.2 Å². The van der Waals surface area contributed by atoms with Crippen LogP contribution in [0, 0.1) is 5.92 Å². The van der Waals surface area contributed by atoms with E-state index in [-0.39, 0.29) is 23.8 Å². The van der Waals surface area contributed by atoms with Gasteiger partial charge in [0.25, 0.3) is 0 Å². The molecule has 0 aliphatic carbocycles. The Bertz CT molecular complexity index is 671. The Hall–Kier alpha value is -2.44. The van der Waals surface area contributed by atoms with E-state index in [2.05, 4.69) is 20.8 Å². The van der Waals surface area contributed by atoms with Crippen LogP contribution in [0.5, 0.6) is 0 Å². The average molecular weight is 287 g/mol. The van der Waals surface area contributed by atoms with Gasteiger partial charge in [-0.3, -0.25) is 14.0 Å². The van der Waals surface area contributed by atoms with E-state index in [0.717, 1.165) is 5.65 Å². The van der Waals surface area contributed by atoms with Crippen LogP contribution in [-0.4, -0.2) is 33.0 Å². The van der Waals surface area contributed by atoms with Crippen molar-refractivity contribution in [3.8, 4) is 0 Å². The minimum Gasteiger partial charge on any atom is -0.355 e. The third-order valence-electron chi connectivity index (χ3n) is 3.72. The Balaban J connectivity index is 1.69. The van der Waals surface area contributed by atoms with Crippen molar-refractivity contribution >= 4 is 17.5 Å². The van der Waals surface area contributed by atoms with Gasteiger partial charge in [0.15, 0.2) is 11.5 Å². The molecule has 110 valence electrons. The molecule has 7 heteroatoms. The molecule has 0 spiro atoms. The second-order valence-electron chi connectivity index (χ2n) is 5.26. The van der Waals surface area contributed by atoms with Crippen molar-refractivity contribution in [1.29, 1.82) is 0 Å². The zero-order valence-electron chi connectivity index (χ0n) is 11.7. The van der Waals surface area contributed by atoms with Gasteiger partial charge < -0.3 is 10.6 Å². The summed E-state index contributed by atoms with van der Waals surface area (Å²) in [5, 5.41) is 13.9. The van der Waals surface area contributed by atoms with E-state index < -0.39 is 0 Å². The van der Waals surface area contributed by atoms with Crippen molar-refractivity contribution in [3.63, 3.8) is 0 Å². The molecule has 2 aromatic rings.